The Balaban J connectivity index is 1.79. The van der Waals surface area contributed by atoms with Crippen molar-refractivity contribution in [2.45, 2.75) is 13.5 Å². The highest BCUT2D eigenvalue weighted by Crippen LogP contribution is 2.27. The summed E-state index contributed by atoms with van der Waals surface area (Å²) in [6.07, 6.45) is 2.00. The first kappa shape index (κ1) is 12.6. The van der Waals surface area contributed by atoms with Crippen LogP contribution in [0, 0.1) is 0 Å². The molecule has 0 atom stereocenters. The molecule has 0 saturated carbocycles. The number of benzene rings is 2. The maximum Gasteiger partial charge on any atom is 0.120 e. The molecule has 0 radical (unpaired) electrons. The fourth-order valence-electron chi connectivity index (χ4n) is 2.27. The van der Waals surface area contributed by atoms with Gasteiger partial charge in [0.1, 0.15) is 12.4 Å². The number of hydrogen-bond donors (Lipinski definition) is 2. The van der Waals surface area contributed by atoms with E-state index in [1.54, 1.807) is 0 Å². The molecule has 3 aromatic rings. The number of nitrogens with one attached hydrogen (secondary N) is 2. The van der Waals surface area contributed by atoms with Gasteiger partial charge < -0.3 is 15.0 Å². The molecule has 0 bridgehead atoms. The molecule has 0 aliphatic carbocycles. The van der Waals surface area contributed by atoms with Gasteiger partial charge in [-0.3, -0.25) is 0 Å². The molecule has 0 fully saturated rings. The fraction of sp³-hybridized carbons (Fsp3) is 0.176. The number of rotatable bonds is 5. The van der Waals surface area contributed by atoms with Crippen LogP contribution >= 0.6 is 0 Å². The zero-order chi connectivity index (χ0) is 13.8. The minimum atomic E-state index is 0.591. The molecule has 3 heteroatoms. The Hall–Kier alpha value is -2.42. The number of H-pyrrole nitrogens is 1. The summed E-state index contributed by atoms with van der Waals surface area (Å²) < 4.78 is 5.86. The van der Waals surface area contributed by atoms with Crippen LogP contribution in [0.4, 0.5) is 5.69 Å². The molecule has 0 spiro atoms. The molecule has 1 heterocycles. The molecular formula is C17H18N2O. The SMILES string of the molecule is CCNc1c[nH]c2ccc(OCc3ccccc3)cc12. The van der Waals surface area contributed by atoms with E-state index in [9.17, 15) is 0 Å². The van der Waals surface area contributed by atoms with Crippen molar-refractivity contribution in [1.82, 2.24) is 4.98 Å². The van der Waals surface area contributed by atoms with E-state index < -0.39 is 0 Å². The highest BCUT2D eigenvalue weighted by molar-refractivity contribution is 5.93. The van der Waals surface area contributed by atoms with Crippen molar-refractivity contribution < 1.29 is 4.74 Å². The van der Waals surface area contributed by atoms with Gasteiger partial charge in [-0.2, -0.15) is 0 Å². The van der Waals surface area contributed by atoms with Crippen molar-refractivity contribution in [1.29, 1.82) is 0 Å². The number of fused-ring (bicyclic) bond motifs is 1. The van der Waals surface area contributed by atoms with Crippen LogP contribution in [0.3, 0.4) is 0 Å². The van der Waals surface area contributed by atoms with Gasteiger partial charge >= 0.3 is 0 Å². The molecule has 3 nitrogen and oxygen atoms in total. The third kappa shape index (κ3) is 2.62. The Kier molecular flexibility index (Phi) is 3.59. The molecular weight excluding hydrogens is 248 g/mol. The van der Waals surface area contributed by atoms with Gasteiger partial charge in [0.25, 0.3) is 0 Å². The molecule has 0 unspecified atom stereocenters. The van der Waals surface area contributed by atoms with Crippen LogP contribution in [-0.4, -0.2) is 11.5 Å². The van der Waals surface area contributed by atoms with Crippen LogP contribution in [-0.2, 0) is 6.61 Å². The zero-order valence-corrected chi connectivity index (χ0v) is 11.5. The van der Waals surface area contributed by atoms with E-state index in [2.05, 4.69) is 41.5 Å². The largest absolute Gasteiger partial charge is 0.489 e. The van der Waals surface area contributed by atoms with Crippen LogP contribution in [0.1, 0.15) is 12.5 Å². The second kappa shape index (κ2) is 5.70. The Labute approximate surface area is 118 Å². The Morgan fingerprint density at radius 3 is 2.75 bits per heavy atom. The lowest BCUT2D eigenvalue weighted by Crippen LogP contribution is -1.96. The first-order valence-corrected chi connectivity index (χ1v) is 6.88. The van der Waals surface area contributed by atoms with Crippen molar-refractivity contribution in [3.05, 3.63) is 60.3 Å². The van der Waals surface area contributed by atoms with Gasteiger partial charge in [-0.15, -0.1) is 0 Å². The zero-order valence-electron chi connectivity index (χ0n) is 11.5. The number of anilines is 1. The average molecular weight is 266 g/mol. The Morgan fingerprint density at radius 2 is 1.95 bits per heavy atom. The van der Waals surface area contributed by atoms with Crippen molar-refractivity contribution >= 4 is 16.6 Å². The van der Waals surface area contributed by atoms with Crippen LogP contribution in [0.5, 0.6) is 5.75 Å². The van der Waals surface area contributed by atoms with Crippen molar-refractivity contribution in [3.63, 3.8) is 0 Å². The standard InChI is InChI=1S/C17H18N2O/c1-2-18-17-11-19-16-9-8-14(10-15(16)17)20-12-13-6-4-3-5-7-13/h3-11,18-19H,2,12H2,1H3. The highest BCUT2D eigenvalue weighted by atomic mass is 16.5. The second-order valence-corrected chi connectivity index (χ2v) is 4.71. The van der Waals surface area contributed by atoms with E-state index in [4.69, 9.17) is 4.74 Å². The highest BCUT2D eigenvalue weighted by Gasteiger charge is 2.04. The summed E-state index contributed by atoms with van der Waals surface area (Å²) in [4.78, 5) is 3.26. The third-order valence-corrected chi connectivity index (χ3v) is 3.27. The van der Waals surface area contributed by atoms with Gasteiger partial charge in [-0.25, -0.2) is 0 Å². The number of hydrogen-bond acceptors (Lipinski definition) is 2. The van der Waals surface area contributed by atoms with Crippen LogP contribution in [0.2, 0.25) is 0 Å². The van der Waals surface area contributed by atoms with E-state index in [1.807, 2.05) is 30.5 Å². The van der Waals surface area contributed by atoms with E-state index in [0.717, 1.165) is 28.9 Å². The number of aromatic amines is 1. The minimum Gasteiger partial charge on any atom is -0.489 e. The second-order valence-electron chi connectivity index (χ2n) is 4.71. The molecule has 0 aliphatic heterocycles. The van der Waals surface area contributed by atoms with Crippen molar-refractivity contribution in [2.24, 2.45) is 0 Å². The van der Waals surface area contributed by atoms with Gasteiger partial charge in [0, 0.05) is 23.6 Å². The molecule has 2 aromatic carbocycles. The molecule has 1 aromatic heterocycles. The summed E-state index contributed by atoms with van der Waals surface area (Å²) in [5, 5.41) is 4.51. The third-order valence-electron chi connectivity index (χ3n) is 3.27. The van der Waals surface area contributed by atoms with E-state index in [-0.39, 0.29) is 0 Å². The van der Waals surface area contributed by atoms with Crippen molar-refractivity contribution in [3.8, 4) is 5.75 Å². The number of ether oxygens (including phenoxy) is 1. The van der Waals surface area contributed by atoms with Crippen LogP contribution < -0.4 is 10.1 Å². The maximum atomic E-state index is 5.86. The average Bonchev–Trinajstić information content (AvgIpc) is 2.89. The Bertz CT molecular complexity index is 689. The van der Waals surface area contributed by atoms with E-state index >= 15 is 0 Å². The van der Waals surface area contributed by atoms with Gasteiger partial charge in [0.05, 0.1) is 5.69 Å². The summed E-state index contributed by atoms with van der Waals surface area (Å²) in [7, 11) is 0. The van der Waals surface area contributed by atoms with Gasteiger partial charge in [-0.1, -0.05) is 30.3 Å². The minimum absolute atomic E-state index is 0.591. The topological polar surface area (TPSA) is 37.0 Å². The summed E-state index contributed by atoms with van der Waals surface area (Å²) in [5.74, 6) is 0.889. The predicted molar refractivity (Wildman–Crippen MR) is 83.2 cm³/mol. The normalized spacial score (nSPS) is 10.7. The van der Waals surface area contributed by atoms with E-state index in [0.29, 0.717) is 6.61 Å². The molecule has 0 saturated heterocycles. The lowest BCUT2D eigenvalue weighted by molar-refractivity contribution is 0.306. The van der Waals surface area contributed by atoms with Crippen LogP contribution in [0.15, 0.2) is 54.7 Å². The molecule has 20 heavy (non-hydrogen) atoms. The smallest absolute Gasteiger partial charge is 0.120 e. The lowest BCUT2D eigenvalue weighted by Gasteiger charge is -2.07. The molecule has 3 rings (SSSR count). The summed E-state index contributed by atoms with van der Waals surface area (Å²) in [6.45, 7) is 3.59. The fourth-order valence-corrected chi connectivity index (χ4v) is 2.27. The monoisotopic (exact) mass is 266 g/mol. The molecule has 0 amide bonds. The number of aromatic nitrogens is 1. The van der Waals surface area contributed by atoms with Gasteiger partial charge in [-0.05, 0) is 30.7 Å². The first-order valence-electron chi connectivity index (χ1n) is 6.88. The first-order chi connectivity index (χ1) is 9.86. The van der Waals surface area contributed by atoms with Gasteiger partial charge in [0.2, 0.25) is 0 Å². The maximum absolute atomic E-state index is 5.86. The molecule has 2 N–H and O–H groups in total. The summed E-state index contributed by atoms with van der Waals surface area (Å²) >= 11 is 0. The van der Waals surface area contributed by atoms with Gasteiger partial charge in [0.15, 0.2) is 0 Å². The molecule has 0 aliphatic rings. The molecule has 102 valence electrons. The summed E-state index contributed by atoms with van der Waals surface area (Å²) in [6, 6.07) is 16.3. The van der Waals surface area contributed by atoms with Crippen molar-refractivity contribution in [2.75, 3.05) is 11.9 Å². The van der Waals surface area contributed by atoms with Crippen LogP contribution in [0.25, 0.3) is 10.9 Å². The van der Waals surface area contributed by atoms with E-state index in [1.165, 1.54) is 5.56 Å². The summed E-state index contributed by atoms with van der Waals surface area (Å²) in [5.41, 5.74) is 3.41. The predicted octanol–water partition coefficient (Wildman–Crippen LogP) is 4.18. The lowest BCUT2D eigenvalue weighted by atomic mass is 10.2. The Morgan fingerprint density at radius 1 is 1.10 bits per heavy atom. The quantitative estimate of drug-likeness (QED) is 0.727.